The van der Waals surface area contributed by atoms with Gasteiger partial charge in [0.15, 0.2) is 6.61 Å². The molecule has 0 aliphatic rings. The topological polar surface area (TPSA) is 67.4 Å². The highest BCUT2D eigenvalue weighted by Gasteiger charge is 2.14. The minimum atomic E-state index is -0.457. The Labute approximate surface area is 182 Å². The molecule has 4 aromatic carbocycles. The molecule has 5 nitrogen and oxygen atoms in total. The van der Waals surface area contributed by atoms with E-state index in [0.717, 1.165) is 0 Å². The quantitative estimate of drug-likeness (QED) is 0.429. The van der Waals surface area contributed by atoms with Gasteiger partial charge in [-0.3, -0.25) is 9.59 Å². The summed E-state index contributed by atoms with van der Waals surface area (Å²) in [5.74, 6) is -1.35. The van der Waals surface area contributed by atoms with Crippen LogP contribution in [-0.4, -0.2) is 18.4 Å². The van der Waals surface area contributed by atoms with E-state index in [2.05, 4.69) is 10.6 Å². The maximum absolute atomic E-state index is 13.4. The fourth-order valence-electron chi connectivity index (χ4n) is 3.27. The Balaban J connectivity index is 1.51. The summed E-state index contributed by atoms with van der Waals surface area (Å²) < 4.78 is 32.3. The van der Waals surface area contributed by atoms with Gasteiger partial charge in [0.25, 0.3) is 11.8 Å². The van der Waals surface area contributed by atoms with Gasteiger partial charge in [0.05, 0.1) is 0 Å². The molecule has 0 aromatic heterocycles. The molecule has 0 heterocycles. The summed E-state index contributed by atoms with van der Waals surface area (Å²) in [5.41, 5.74) is 1.04. The third kappa shape index (κ3) is 4.89. The summed E-state index contributed by atoms with van der Waals surface area (Å²) in [7, 11) is 0. The smallest absolute Gasteiger partial charge is 0.262 e. The zero-order valence-electron chi connectivity index (χ0n) is 16.8. The van der Waals surface area contributed by atoms with E-state index in [1.165, 1.54) is 36.4 Å². The normalized spacial score (nSPS) is 10.6. The number of fused-ring (bicyclic) bond motifs is 1. The standard InChI is InChI=1S/C25H18F2N2O3/c26-16-5-3-7-18(13-16)28-24(30)15-32-23-12-11-22(20-9-1-2-10-21(20)23)25(31)29-19-8-4-6-17(27)14-19/h1-14H,15H2,(H,28,30)(H,29,31). The first-order valence-corrected chi connectivity index (χ1v) is 9.76. The zero-order chi connectivity index (χ0) is 22.5. The summed E-state index contributed by atoms with van der Waals surface area (Å²) in [4.78, 5) is 25.0. The van der Waals surface area contributed by atoms with Crippen LogP contribution in [0.3, 0.4) is 0 Å². The van der Waals surface area contributed by atoms with Crippen molar-refractivity contribution in [3.63, 3.8) is 0 Å². The van der Waals surface area contributed by atoms with Crippen molar-refractivity contribution >= 4 is 34.0 Å². The SMILES string of the molecule is O=C(COc1ccc(C(=O)Nc2cccc(F)c2)c2ccccc12)Nc1cccc(F)c1. The minimum Gasteiger partial charge on any atom is -0.483 e. The van der Waals surface area contributed by atoms with E-state index in [0.29, 0.717) is 33.5 Å². The molecule has 2 N–H and O–H groups in total. The van der Waals surface area contributed by atoms with Gasteiger partial charge >= 0.3 is 0 Å². The lowest BCUT2D eigenvalue weighted by Gasteiger charge is -2.13. The van der Waals surface area contributed by atoms with Crippen LogP contribution in [0, 0.1) is 11.6 Å². The Morgan fingerprint density at radius 2 is 1.34 bits per heavy atom. The summed E-state index contributed by atoms with van der Waals surface area (Å²) in [6, 6.07) is 21.5. The molecule has 4 rings (SSSR count). The third-order valence-electron chi connectivity index (χ3n) is 4.68. The average Bonchev–Trinajstić information content (AvgIpc) is 2.77. The largest absolute Gasteiger partial charge is 0.483 e. The lowest BCUT2D eigenvalue weighted by atomic mass is 10.0. The molecular formula is C25H18F2N2O3. The number of rotatable bonds is 6. The number of anilines is 2. The van der Waals surface area contributed by atoms with E-state index < -0.39 is 23.4 Å². The number of halogens is 2. The van der Waals surface area contributed by atoms with Gasteiger partial charge in [0, 0.05) is 22.3 Å². The molecule has 2 amide bonds. The van der Waals surface area contributed by atoms with Gasteiger partial charge in [-0.2, -0.15) is 0 Å². The predicted molar refractivity (Wildman–Crippen MR) is 119 cm³/mol. The van der Waals surface area contributed by atoms with E-state index in [9.17, 15) is 18.4 Å². The molecule has 4 aromatic rings. The fraction of sp³-hybridized carbons (Fsp3) is 0.0400. The Kier molecular flexibility index (Phi) is 6.07. The van der Waals surface area contributed by atoms with Gasteiger partial charge in [0.1, 0.15) is 17.4 Å². The van der Waals surface area contributed by atoms with Crippen LogP contribution < -0.4 is 15.4 Å². The molecule has 0 radical (unpaired) electrons. The number of carbonyl (C=O) groups excluding carboxylic acids is 2. The van der Waals surface area contributed by atoms with Gasteiger partial charge in [-0.1, -0.05) is 36.4 Å². The molecule has 160 valence electrons. The fourth-order valence-corrected chi connectivity index (χ4v) is 3.27. The van der Waals surface area contributed by atoms with Crippen molar-refractivity contribution in [1.82, 2.24) is 0 Å². The van der Waals surface area contributed by atoms with E-state index in [1.807, 2.05) is 0 Å². The second-order valence-electron chi connectivity index (χ2n) is 6.97. The van der Waals surface area contributed by atoms with Crippen LogP contribution in [0.25, 0.3) is 10.8 Å². The van der Waals surface area contributed by atoms with Crippen LogP contribution in [0.4, 0.5) is 20.2 Å². The molecule has 0 saturated carbocycles. The van der Waals surface area contributed by atoms with Gasteiger partial charge in [-0.25, -0.2) is 8.78 Å². The first kappa shape index (κ1) is 21.0. The number of ether oxygens (including phenoxy) is 1. The Morgan fingerprint density at radius 1 is 0.719 bits per heavy atom. The van der Waals surface area contributed by atoms with Crippen LogP contribution in [0.5, 0.6) is 5.75 Å². The molecule has 0 atom stereocenters. The summed E-state index contributed by atoms with van der Waals surface area (Å²) in [6.45, 7) is -0.296. The number of hydrogen-bond acceptors (Lipinski definition) is 3. The highest BCUT2D eigenvalue weighted by molar-refractivity contribution is 6.14. The Bertz CT molecular complexity index is 1310. The van der Waals surface area contributed by atoms with Gasteiger partial charge in [0.2, 0.25) is 0 Å². The maximum atomic E-state index is 13.4. The lowest BCUT2D eigenvalue weighted by molar-refractivity contribution is -0.118. The number of hydrogen-bond donors (Lipinski definition) is 2. The van der Waals surface area contributed by atoms with Crippen molar-refractivity contribution in [3.05, 3.63) is 102 Å². The summed E-state index contributed by atoms with van der Waals surface area (Å²) >= 11 is 0. The van der Waals surface area contributed by atoms with E-state index >= 15 is 0 Å². The van der Waals surface area contributed by atoms with Crippen LogP contribution in [0.15, 0.2) is 84.9 Å². The minimum absolute atomic E-state index is 0.296. The molecule has 0 spiro atoms. The molecule has 0 unspecified atom stereocenters. The molecule has 0 aliphatic heterocycles. The molecule has 32 heavy (non-hydrogen) atoms. The number of nitrogens with one attached hydrogen (secondary N) is 2. The number of benzene rings is 4. The summed E-state index contributed by atoms with van der Waals surface area (Å²) in [6.07, 6.45) is 0. The predicted octanol–water partition coefficient (Wildman–Crippen LogP) is 5.39. The summed E-state index contributed by atoms with van der Waals surface area (Å²) in [5, 5.41) is 6.49. The molecule has 0 bridgehead atoms. The van der Waals surface area contributed by atoms with Crippen molar-refractivity contribution in [2.45, 2.75) is 0 Å². The molecule has 0 fully saturated rings. The van der Waals surface area contributed by atoms with Crippen molar-refractivity contribution in [3.8, 4) is 5.75 Å². The van der Waals surface area contributed by atoms with Crippen molar-refractivity contribution in [2.75, 3.05) is 17.2 Å². The molecule has 0 saturated heterocycles. The monoisotopic (exact) mass is 432 g/mol. The van der Waals surface area contributed by atoms with Crippen LogP contribution >= 0.6 is 0 Å². The first-order valence-electron chi connectivity index (χ1n) is 9.76. The highest BCUT2D eigenvalue weighted by Crippen LogP contribution is 2.29. The average molecular weight is 432 g/mol. The highest BCUT2D eigenvalue weighted by atomic mass is 19.1. The third-order valence-corrected chi connectivity index (χ3v) is 4.68. The van der Waals surface area contributed by atoms with Gasteiger partial charge < -0.3 is 15.4 Å². The second-order valence-corrected chi connectivity index (χ2v) is 6.97. The molecule has 0 aliphatic carbocycles. The van der Waals surface area contributed by atoms with E-state index in [-0.39, 0.29) is 6.61 Å². The Morgan fingerprint density at radius 3 is 2.00 bits per heavy atom. The molecule has 7 heteroatoms. The van der Waals surface area contributed by atoms with Crippen molar-refractivity contribution < 1.29 is 23.1 Å². The van der Waals surface area contributed by atoms with Gasteiger partial charge in [-0.05, 0) is 53.9 Å². The van der Waals surface area contributed by atoms with E-state index in [4.69, 9.17) is 4.74 Å². The number of amides is 2. The van der Waals surface area contributed by atoms with Crippen molar-refractivity contribution in [2.24, 2.45) is 0 Å². The van der Waals surface area contributed by atoms with Crippen LogP contribution in [0.1, 0.15) is 10.4 Å². The maximum Gasteiger partial charge on any atom is 0.262 e. The van der Waals surface area contributed by atoms with E-state index in [1.54, 1.807) is 48.5 Å². The molecular weight excluding hydrogens is 414 g/mol. The van der Waals surface area contributed by atoms with Crippen LogP contribution in [-0.2, 0) is 4.79 Å². The van der Waals surface area contributed by atoms with Crippen LogP contribution in [0.2, 0.25) is 0 Å². The second kappa shape index (κ2) is 9.26. The van der Waals surface area contributed by atoms with Gasteiger partial charge in [-0.15, -0.1) is 0 Å². The Hall–Kier alpha value is -4.26. The first-order chi connectivity index (χ1) is 15.5. The lowest BCUT2D eigenvalue weighted by Crippen LogP contribution is -2.20. The number of carbonyl (C=O) groups is 2. The zero-order valence-corrected chi connectivity index (χ0v) is 16.8. The van der Waals surface area contributed by atoms with Crippen molar-refractivity contribution in [1.29, 1.82) is 0 Å².